The van der Waals surface area contributed by atoms with Crippen LogP contribution in [0.4, 0.5) is 5.69 Å². The van der Waals surface area contributed by atoms with Crippen molar-refractivity contribution in [3.63, 3.8) is 0 Å². The number of methoxy groups -OCH3 is 2. The van der Waals surface area contributed by atoms with Gasteiger partial charge >= 0.3 is 0 Å². The van der Waals surface area contributed by atoms with Gasteiger partial charge in [0, 0.05) is 33.0 Å². The molecule has 2 N–H and O–H groups in total. The number of benzene rings is 10. The van der Waals surface area contributed by atoms with Gasteiger partial charge in [-0.05, 0) is 177 Å². The number of furan rings is 1. The summed E-state index contributed by atoms with van der Waals surface area (Å²) in [4.78, 5) is 14.4. The highest BCUT2D eigenvalue weighted by Crippen LogP contribution is 2.54. The number of phenolic OH excluding ortho intramolecular Hbond substituents is 2. The second kappa shape index (κ2) is 24.3. The quantitative estimate of drug-likeness (QED) is 0.0491. The molecule has 0 saturated carbocycles. The lowest BCUT2D eigenvalue weighted by atomic mass is 9.77. The van der Waals surface area contributed by atoms with Crippen LogP contribution in [-0.2, 0) is 12.8 Å². The Balaban J connectivity index is 1.24. The summed E-state index contributed by atoms with van der Waals surface area (Å²) in [5.74, 6) is 2.66. The van der Waals surface area contributed by atoms with E-state index in [-0.39, 0.29) is 27.9 Å². The summed E-state index contributed by atoms with van der Waals surface area (Å²) < 4.78 is 24.0. The Morgan fingerprint density at radius 2 is 1.22 bits per heavy atom. The maximum Gasteiger partial charge on any atom is 0.284 e. The number of hydrogen-bond acceptors (Lipinski definition) is 9. The van der Waals surface area contributed by atoms with Gasteiger partial charge in [0.2, 0.25) is 0 Å². The fraction of sp³-hybridized carbons (Fsp3) is 0.0704. The van der Waals surface area contributed by atoms with Crippen molar-refractivity contribution in [2.24, 2.45) is 0 Å². The highest BCUT2D eigenvalue weighted by molar-refractivity contribution is 7.98. The topological polar surface area (TPSA) is 124 Å². The van der Waals surface area contributed by atoms with Crippen molar-refractivity contribution < 1.29 is 33.8 Å². The largest absolute Gasteiger partial charge is 0.507 e. The van der Waals surface area contributed by atoms with E-state index in [2.05, 4.69) is 42.5 Å². The Morgan fingerprint density at radius 1 is 0.537 bits per heavy atom. The molecule has 9 nitrogen and oxygen atoms in total. The first-order valence-electron chi connectivity index (χ1n) is 26.4. The van der Waals surface area contributed by atoms with Crippen molar-refractivity contribution >= 4 is 35.1 Å². The predicted octanol–water partition coefficient (Wildman–Crippen LogP) is 19.3. The lowest BCUT2D eigenvalue weighted by molar-refractivity contribution is -0.383. The third-order valence-electron chi connectivity index (χ3n) is 14.5. The van der Waals surface area contributed by atoms with Gasteiger partial charge in [0.1, 0.15) is 28.8 Å². The molecule has 0 aliphatic heterocycles. The molecule has 404 valence electrons. The van der Waals surface area contributed by atoms with E-state index in [1.165, 1.54) is 7.11 Å². The van der Waals surface area contributed by atoms with Crippen LogP contribution in [0.5, 0.6) is 34.5 Å². The molecule has 0 spiro atoms. The molecule has 0 saturated heterocycles. The van der Waals surface area contributed by atoms with Crippen molar-refractivity contribution in [3.05, 3.63) is 268 Å². The molecule has 0 radical (unpaired) electrons. The number of nitrogens with zero attached hydrogens (tertiary/aromatic N) is 1. The Labute approximate surface area is 485 Å². The Hall–Kier alpha value is -9.74. The van der Waals surface area contributed by atoms with Crippen molar-refractivity contribution in [2.45, 2.75) is 17.7 Å². The van der Waals surface area contributed by atoms with Gasteiger partial charge in [0.05, 0.1) is 36.5 Å². The molecule has 0 fully saturated rings. The first kappa shape index (κ1) is 54.2. The number of allylic oxidation sites excluding steroid dienone is 1. The van der Waals surface area contributed by atoms with E-state index >= 15 is 0 Å². The van der Waals surface area contributed by atoms with Gasteiger partial charge in [-0.1, -0.05) is 145 Å². The van der Waals surface area contributed by atoms with E-state index in [1.807, 2.05) is 164 Å². The zero-order chi connectivity index (χ0) is 56.7. The number of hydrogen-bond donors (Lipinski definition) is 2. The van der Waals surface area contributed by atoms with Crippen LogP contribution in [-0.4, -0.2) is 35.6 Å². The lowest BCUT2D eigenvalue weighted by Crippen LogP contribution is -2.05. The summed E-state index contributed by atoms with van der Waals surface area (Å²) in [7, 11) is 3.09. The van der Waals surface area contributed by atoms with Crippen molar-refractivity contribution in [1.82, 2.24) is 0 Å². The molecule has 1 aromatic heterocycles. The highest BCUT2D eigenvalue weighted by Gasteiger charge is 2.30. The minimum absolute atomic E-state index is 0.0392. The molecule has 0 amide bonds. The number of thioether (sulfide) groups is 1. The Kier molecular flexibility index (Phi) is 16.1. The van der Waals surface area contributed by atoms with Crippen LogP contribution in [0.25, 0.3) is 84.0 Å². The molecule has 11 heteroatoms. The smallest absolute Gasteiger partial charge is 0.284 e. The van der Waals surface area contributed by atoms with E-state index < -0.39 is 0 Å². The minimum atomic E-state index is -0.326. The normalized spacial score (nSPS) is 11.3. The SMILES string of the molecule is COc1ccc(-c2cc(SC)ccc2-c2cc(-c3ccccc3Cl)c(CC(=Cc3ccccc3)Cc3ccco3)c(-c3ccccc3O)c2-c2ccc(O)c(OC)c2)c(-c2cccc(-c3cccc(Oc4ccccc4)c3)c2[N+](=O)[O-])c1. The first-order valence-corrected chi connectivity index (χ1v) is 28.0. The van der Waals surface area contributed by atoms with Crippen molar-refractivity contribution in [2.75, 3.05) is 20.5 Å². The third-order valence-corrected chi connectivity index (χ3v) is 15.5. The van der Waals surface area contributed by atoms with E-state index in [9.17, 15) is 20.3 Å². The van der Waals surface area contributed by atoms with E-state index in [0.29, 0.717) is 85.2 Å². The van der Waals surface area contributed by atoms with Crippen LogP contribution >= 0.6 is 23.4 Å². The maximum atomic E-state index is 13.8. The predicted molar refractivity (Wildman–Crippen MR) is 331 cm³/mol. The number of rotatable bonds is 18. The summed E-state index contributed by atoms with van der Waals surface area (Å²) in [5.41, 5.74) is 11.8. The highest BCUT2D eigenvalue weighted by atomic mass is 35.5. The fourth-order valence-electron chi connectivity index (χ4n) is 10.7. The number of nitro benzene ring substituents is 1. The summed E-state index contributed by atoms with van der Waals surface area (Å²) in [5, 5.41) is 37.9. The van der Waals surface area contributed by atoms with Crippen LogP contribution in [0.2, 0.25) is 5.02 Å². The lowest BCUT2D eigenvalue weighted by Gasteiger charge is -2.27. The molecule has 1 heterocycles. The molecule has 10 aromatic carbocycles. The number of phenols is 2. The second-order valence-corrected chi connectivity index (χ2v) is 20.7. The molecule has 0 unspecified atom stereocenters. The summed E-state index contributed by atoms with van der Waals surface area (Å²) >= 11 is 8.95. The molecular formula is C71H54ClNO8S. The number of aromatic hydroxyl groups is 2. The number of nitro groups is 1. The van der Waals surface area contributed by atoms with Crippen LogP contribution < -0.4 is 14.2 Å². The standard InChI is InChI=1S/C71H54ClNO8S/c1-78-50-31-33-55(60(42-50)58-27-15-26-54(71(58)73(76)77)47-19-14-22-52(40-47)81-49-20-8-5-9-21-49)61-43-53(82-3)32-34-56(61)64-44-62(57-24-10-12-28-65(57)72)63(39-46(38-51-23-16-36-80-51)37-45-17-6-4-7-18-45)70(59-25-11-13-29-66(59)74)69(64)48-30-35-67(75)68(41-48)79-2/h4-37,40-44,74-75H,38-39H2,1-3H3. The van der Waals surface area contributed by atoms with Gasteiger partial charge in [0.15, 0.2) is 11.5 Å². The Morgan fingerprint density at radius 3 is 1.95 bits per heavy atom. The second-order valence-electron chi connectivity index (χ2n) is 19.5. The average Bonchev–Trinajstić information content (AvgIpc) is 4.16. The minimum Gasteiger partial charge on any atom is -0.507 e. The monoisotopic (exact) mass is 1120 g/mol. The van der Waals surface area contributed by atoms with Gasteiger partial charge in [-0.2, -0.15) is 0 Å². The van der Waals surface area contributed by atoms with Crippen molar-refractivity contribution in [1.29, 1.82) is 0 Å². The Bertz CT molecular complexity index is 4160. The molecule has 0 aliphatic carbocycles. The first-order chi connectivity index (χ1) is 40.1. The molecule has 11 aromatic rings. The average molecular weight is 1120 g/mol. The summed E-state index contributed by atoms with van der Waals surface area (Å²) in [6, 6.07) is 70.4. The van der Waals surface area contributed by atoms with Gasteiger partial charge in [-0.25, -0.2) is 0 Å². The molecule has 0 aliphatic rings. The van der Waals surface area contributed by atoms with Gasteiger partial charge in [0.25, 0.3) is 5.69 Å². The van der Waals surface area contributed by atoms with E-state index in [0.717, 1.165) is 55.2 Å². The van der Waals surface area contributed by atoms with Crippen molar-refractivity contribution in [3.8, 4) is 112 Å². The van der Waals surface area contributed by atoms with Crippen LogP contribution in [0.3, 0.4) is 0 Å². The number of halogens is 1. The fourth-order valence-corrected chi connectivity index (χ4v) is 11.4. The maximum absolute atomic E-state index is 13.8. The molecule has 0 atom stereocenters. The molecule has 82 heavy (non-hydrogen) atoms. The third kappa shape index (κ3) is 11.4. The van der Waals surface area contributed by atoms with Gasteiger partial charge in [-0.3, -0.25) is 10.1 Å². The van der Waals surface area contributed by atoms with E-state index in [4.69, 9.17) is 30.2 Å². The molecular weight excluding hydrogens is 1060 g/mol. The van der Waals surface area contributed by atoms with Crippen LogP contribution in [0, 0.1) is 10.1 Å². The number of para-hydroxylation sites is 3. The van der Waals surface area contributed by atoms with Gasteiger partial charge in [-0.15, -0.1) is 11.8 Å². The van der Waals surface area contributed by atoms with Crippen LogP contribution in [0.1, 0.15) is 16.9 Å². The molecule has 0 bridgehead atoms. The zero-order valence-electron chi connectivity index (χ0n) is 45.0. The molecule has 11 rings (SSSR count). The van der Waals surface area contributed by atoms with Gasteiger partial charge < -0.3 is 28.8 Å². The summed E-state index contributed by atoms with van der Waals surface area (Å²) in [6.07, 6.45) is 6.70. The summed E-state index contributed by atoms with van der Waals surface area (Å²) in [6.45, 7) is 0. The number of ether oxygens (including phenoxy) is 3. The van der Waals surface area contributed by atoms with Crippen LogP contribution in [0.15, 0.2) is 246 Å². The van der Waals surface area contributed by atoms with E-state index in [1.54, 1.807) is 55.5 Å². The zero-order valence-corrected chi connectivity index (χ0v) is 46.6.